The first-order valence-corrected chi connectivity index (χ1v) is 9.33. The zero-order valence-electron chi connectivity index (χ0n) is 15.8. The molecule has 1 amide bonds. The van der Waals surface area contributed by atoms with E-state index in [1.165, 1.54) is 0 Å². The molecule has 28 heavy (non-hydrogen) atoms. The minimum absolute atomic E-state index is 0.210. The number of amides is 1. The Morgan fingerprint density at radius 3 is 2.79 bits per heavy atom. The smallest absolute Gasteiger partial charge is 0.255 e. The summed E-state index contributed by atoms with van der Waals surface area (Å²) in [5.74, 6) is 1.28. The molecule has 0 unspecified atom stereocenters. The molecule has 0 bridgehead atoms. The Bertz CT molecular complexity index is 976. The van der Waals surface area contributed by atoms with Crippen molar-refractivity contribution in [2.75, 3.05) is 24.3 Å². The Morgan fingerprint density at radius 1 is 1.14 bits per heavy atom. The van der Waals surface area contributed by atoms with E-state index >= 15 is 0 Å². The Balaban J connectivity index is 1.59. The van der Waals surface area contributed by atoms with E-state index in [-0.39, 0.29) is 5.91 Å². The number of aryl methyl sites for hydroxylation is 1. The molecule has 6 heteroatoms. The second-order valence-corrected chi connectivity index (χ2v) is 6.78. The van der Waals surface area contributed by atoms with Crippen molar-refractivity contribution in [3.8, 4) is 5.75 Å². The number of anilines is 2. The molecule has 0 saturated carbocycles. The third-order valence-electron chi connectivity index (χ3n) is 4.31. The third-order valence-corrected chi connectivity index (χ3v) is 4.71. The first-order chi connectivity index (χ1) is 13.5. The van der Waals surface area contributed by atoms with Crippen LogP contribution in [-0.2, 0) is 6.42 Å². The number of nitrogens with zero attached hydrogens (tertiary/aromatic N) is 1. The van der Waals surface area contributed by atoms with Crippen LogP contribution >= 0.6 is 11.6 Å². The normalized spacial score (nSPS) is 10.4. The van der Waals surface area contributed by atoms with Gasteiger partial charge in [0, 0.05) is 29.0 Å². The fourth-order valence-electron chi connectivity index (χ4n) is 2.71. The summed E-state index contributed by atoms with van der Waals surface area (Å²) in [7, 11) is 1.66. The van der Waals surface area contributed by atoms with Crippen molar-refractivity contribution in [1.29, 1.82) is 0 Å². The predicted octanol–water partition coefficient (Wildman–Crippen LogP) is 4.96. The maximum absolute atomic E-state index is 12.5. The number of rotatable bonds is 7. The number of carbonyl (C=O) groups excluding carboxylic acids is 1. The van der Waals surface area contributed by atoms with Crippen molar-refractivity contribution in [3.05, 3.63) is 82.5 Å². The highest BCUT2D eigenvalue weighted by atomic mass is 35.5. The van der Waals surface area contributed by atoms with Gasteiger partial charge in [-0.3, -0.25) is 4.79 Å². The van der Waals surface area contributed by atoms with Crippen LogP contribution in [0, 0.1) is 6.92 Å². The van der Waals surface area contributed by atoms with E-state index in [9.17, 15) is 4.79 Å². The molecule has 3 aromatic rings. The molecule has 5 nitrogen and oxygen atoms in total. The molecular weight excluding hydrogens is 374 g/mol. The number of carbonyl (C=O) groups is 1. The molecule has 0 fully saturated rings. The van der Waals surface area contributed by atoms with Crippen LogP contribution in [0.1, 0.15) is 21.5 Å². The topological polar surface area (TPSA) is 63.2 Å². The van der Waals surface area contributed by atoms with Crippen LogP contribution in [0.4, 0.5) is 11.5 Å². The van der Waals surface area contributed by atoms with Crippen molar-refractivity contribution in [2.24, 2.45) is 0 Å². The van der Waals surface area contributed by atoms with Gasteiger partial charge in [0.25, 0.3) is 5.91 Å². The van der Waals surface area contributed by atoms with Gasteiger partial charge >= 0.3 is 0 Å². The number of hydrogen-bond acceptors (Lipinski definition) is 4. The number of halogens is 1. The number of nitrogens with one attached hydrogen (secondary N) is 2. The van der Waals surface area contributed by atoms with E-state index in [0.717, 1.165) is 23.3 Å². The number of benzene rings is 2. The number of pyridine rings is 1. The second kappa shape index (κ2) is 9.24. The molecule has 0 aliphatic carbocycles. The molecular formula is C22H22ClN3O2. The molecule has 1 aromatic heterocycles. The Hall–Kier alpha value is -3.05. The van der Waals surface area contributed by atoms with Gasteiger partial charge in [0.15, 0.2) is 0 Å². The molecule has 2 N–H and O–H groups in total. The molecule has 0 spiro atoms. The highest BCUT2D eigenvalue weighted by molar-refractivity contribution is 6.31. The summed E-state index contributed by atoms with van der Waals surface area (Å²) >= 11 is 6.12. The fourth-order valence-corrected chi connectivity index (χ4v) is 2.89. The van der Waals surface area contributed by atoms with Gasteiger partial charge in [-0.15, -0.1) is 0 Å². The van der Waals surface area contributed by atoms with Gasteiger partial charge in [0.05, 0.1) is 7.11 Å². The van der Waals surface area contributed by atoms with Crippen LogP contribution in [0.3, 0.4) is 0 Å². The maximum Gasteiger partial charge on any atom is 0.255 e. The van der Waals surface area contributed by atoms with E-state index in [2.05, 4.69) is 15.6 Å². The summed E-state index contributed by atoms with van der Waals surface area (Å²) < 4.78 is 5.24. The summed E-state index contributed by atoms with van der Waals surface area (Å²) in [6.45, 7) is 2.61. The van der Waals surface area contributed by atoms with Crippen molar-refractivity contribution in [2.45, 2.75) is 13.3 Å². The van der Waals surface area contributed by atoms with E-state index in [4.69, 9.17) is 16.3 Å². The van der Waals surface area contributed by atoms with Gasteiger partial charge in [0.1, 0.15) is 11.6 Å². The van der Waals surface area contributed by atoms with Gasteiger partial charge in [-0.25, -0.2) is 4.98 Å². The second-order valence-electron chi connectivity index (χ2n) is 6.38. The van der Waals surface area contributed by atoms with Gasteiger partial charge in [-0.2, -0.15) is 0 Å². The molecule has 0 radical (unpaired) electrons. The SMILES string of the molecule is COc1cccc(CCNc2cc(C(=O)Nc3ccc(C)c(Cl)c3)ccn2)c1. The third kappa shape index (κ3) is 5.24. The zero-order valence-corrected chi connectivity index (χ0v) is 16.6. The number of aromatic nitrogens is 1. The Kier molecular flexibility index (Phi) is 6.50. The van der Waals surface area contributed by atoms with E-state index in [1.807, 2.05) is 43.3 Å². The van der Waals surface area contributed by atoms with Crippen LogP contribution in [-0.4, -0.2) is 24.5 Å². The van der Waals surface area contributed by atoms with Crippen LogP contribution in [0.5, 0.6) is 5.75 Å². The summed E-state index contributed by atoms with van der Waals surface area (Å²) in [4.78, 5) is 16.8. The number of ether oxygens (including phenoxy) is 1. The molecule has 0 atom stereocenters. The van der Waals surface area contributed by atoms with Crippen LogP contribution in [0.25, 0.3) is 0 Å². The Labute approximate surface area is 169 Å². The molecule has 3 rings (SSSR count). The lowest BCUT2D eigenvalue weighted by atomic mass is 10.1. The van der Waals surface area contributed by atoms with Crippen LogP contribution < -0.4 is 15.4 Å². The quantitative estimate of drug-likeness (QED) is 0.593. The fraction of sp³-hybridized carbons (Fsp3) is 0.182. The van der Waals surface area contributed by atoms with Gasteiger partial charge in [-0.05, 0) is 60.9 Å². The highest BCUT2D eigenvalue weighted by Crippen LogP contribution is 2.21. The van der Waals surface area contributed by atoms with Gasteiger partial charge in [-0.1, -0.05) is 29.8 Å². The minimum atomic E-state index is -0.210. The summed E-state index contributed by atoms with van der Waals surface area (Å²) in [5, 5.41) is 6.73. The average Bonchev–Trinajstić information content (AvgIpc) is 2.71. The largest absolute Gasteiger partial charge is 0.497 e. The standard InChI is InChI=1S/C22H22ClN3O2/c1-15-6-7-18(14-20(15)23)26-22(27)17-9-11-25-21(13-17)24-10-8-16-4-3-5-19(12-16)28-2/h3-7,9,11-14H,8,10H2,1-2H3,(H,24,25)(H,26,27). The van der Waals surface area contributed by atoms with Crippen molar-refractivity contribution >= 4 is 29.0 Å². The Morgan fingerprint density at radius 2 is 2.00 bits per heavy atom. The lowest BCUT2D eigenvalue weighted by molar-refractivity contribution is 0.102. The molecule has 1 heterocycles. The first kappa shape index (κ1) is 19.7. The molecule has 2 aromatic carbocycles. The van der Waals surface area contributed by atoms with E-state index < -0.39 is 0 Å². The van der Waals surface area contributed by atoms with E-state index in [1.54, 1.807) is 31.5 Å². The van der Waals surface area contributed by atoms with Gasteiger partial charge < -0.3 is 15.4 Å². The molecule has 0 saturated heterocycles. The maximum atomic E-state index is 12.5. The zero-order chi connectivity index (χ0) is 19.9. The van der Waals surface area contributed by atoms with Gasteiger partial charge in [0.2, 0.25) is 0 Å². The van der Waals surface area contributed by atoms with E-state index in [0.29, 0.717) is 28.6 Å². The predicted molar refractivity (Wildman–Crippen MR) is 114 cm³/mol. The lowest BCUT2D eigenvalue weighted by Gasteiger charge is -2.10. The minimum Gasteiger partial charge on any atom is -0.497 e. The number of methoxy groups -OCH3 is 1. The summed E-state index contributed by atoms with van der Waals surface area (Å²) in [5.41, 5.74) is 3.31. The van der Waals surface area contributed by atoms with Crippen LogP contribution in [0.2, 0.25) is 5.02 Å². The van der Waals surface area contributed by atoms with Crippen molar-refractivity contribution in [3.63, 3.8) is 0 Å². The summed E-state index contributed by atoms with van der Waals surface area (Å²) in [6.07, 6.45) is 2.43. The summed E-state index contributed by atoms with van der Waals surface area (Å²) in [6, 6.07) is 16.8. The molecule has 0 aliphatic heterocycles. The lowest BCUT2D eigenvalue weighted by Crippen LogP contribution is -2.13. The monoisotopic (exact) mass is 395 g/mol. The number of hydrogen-bond donors (Lipinski definition) is 2. The van der Waals surface area contributed by atoms with Crippen molar-refractivity contribution < 1.29 is 9.53 Å². The highest BCUT2D eigenvalue weighted by Gasteiger charge is 2.08. The van der Waals surface area contributed by atoms with Crippen LogP contribution in [0.15, 0.2) is 60.8 Å². The van der Waals surface area contributed by atoms with Crippen molar-refractivity contribution in [1.82, 2.24) is 4.98 Å². The molecule has 0 aliphatic rings. The molecule has 144 valence electrons. The average molecular weight is 396 g/mol. The first-order valence-electron chi connectivity index (χ1n) is 8.95.